The number of nitrogens with one attached hydrogen (secondary N) is 2. The second-order valence-electron chi connectivity index (χ2n) is 16.5. The van der Waals surface area contributed by atoms with E-state index in [0.717, 1.165) is 44.9 Å². The summed E-state index contributed by atoms with van der Waals surface area (Å²) in [4.78, 5) is 40.2. The van der Waals surface area contributed by atoms with Crippen molar-refractivity contribution < 1.29 is 16.8 Å². The minimum atomic E-state index is -3.82. The minimum Gasteiger partial charge on any atom is -0.324 e. The lowest BCUT2D eigenvalue weighted by atomic mass is 10.1. The van der Waals surface area contributed by atoms with Gasteiger partial charge in [0.2, 0.25) is 0 Å². The molecule has 0 aliphatic carbocycles. The van der Waals surface area contributed by atoms with Gasteiger partial charge in [-0.25, -0.2) is 46.7 Å². The predicted octanol–water partition coefficient (Wildman–Crippen LogP) is 11.8. The van der Waals surface area contributed by atoms with Gasteiger partial charge in [0.15, 0.2) is 43.0 Å². The molecule has 0 spiro atoms. The van der Waals surface area contributed by atoms with Crippen molar-refractivity contribution in [3.8, 4) is 45.6 Å². The molecular weight excluding hydrogens is 881 g/mol. The summed E-state index contributed by atoms with van der Waals surface area (Å²) < 4.78 is 57.4. The molecule has 0 amide bonds. The van der Waals surface area contributed by atoms with Crippen LogP contribution in [0.2, 0.25) is 0 Å². The molecule has 3 aromatic heterocycles. The summed E-state index contributed by atoms with van der Waals surface area (Å²) in [6.07, 6.45) is 2.71. The van der Waals surface area contributed by atoms with Crippen LogP contribution < -0.4 is 0 Å². The Morgan fingerprint density at radius 1 is 0.469 bits per heavy atom. The van der Waals surface area contributed by atoms with Crippen LogP contribution in [0.5, 0.6) is 0 Å². The number of thioether (sulfide) groups is 2. The quantitative estimate of drug-likeness (QED) is 0.111. The maximum absolute atomic E-state index is 14.3. The summed E-state index contributed by atoms with van der Waals surface area (Å²) >= 11 is 3.42. The largest absolute Gasteiger partial charge is 0.324 e. The van der Waals surface area contributed by atoms with E-state index in [0.29, 0.717) is 69.0 Å². The van der Waals surface area contributed by atoms with E-state index in [2.05, 4.69) is 37.7 Å². The van der Waals surface area contributed by atoms with Crippen molar-refractivity contribution in [2.24, 2.45) is 0 Å². The van der Waals surface area contributed by atoms with Crippen LogP contribution in [-0.2, 0) is 19.7 Å². The van der Waals surface area contributed by atoms with E-state index >= 15 is 0 Å². The molecule has 4 unspecified atom stereocenters. The third-order valence-electron chi connectivity index (χ3n) is 12.4. The lowest BCUT2D eigenvalue weighted by Gasteiger charge is -2.12. The standard InChI is InChI=1S/C48H50N8O4S4/c1-9-25(5)61-33-21-13-17-29-37(33)45-49-41(29)53-47-40-32(20-16-24-36(40)64(59,60)28(8)12-4)44(56-47)52-46-38-30(18-14-22-34(38)62-26(6)10-2)42(50-46)54-48-39-31(43(51-45)55-48)19-15-23-35(39)63(57,58)27(7)11-3/h13-28H,9-12H2,1-8H3,(H2,49,50,51,52,53,54,55,56). The fraction of sp³-hybridized carbons (Fsp3) is 0.333. The number of aromatic nitrogens is 8. The fourth-order valence-electron chi connectivity index (χ4n) is 8.00. The van der Waals surface area contributed by atoms with Crippen molar-refractivity contribution in [3.63, 3.8) is 0 Å². The molecule has 0 saturated heterocycles. The van der Waals surface area contributed by atoms with Crippen LogP contribution in [0, 0.1) is 0 Å². The number of hydrogen-bond donors (Lipinski definition) is 2. The van der Waals surface area contributed by atoms with Gasteiger partial charge in [-0.15, -0.1) is 23.5 Å². The SMILES string of the molecule is CCC(C)Sc1cccc2c1-c1nc-2nc2[nH]c(nc3nc(nc4[nH]c(n1)c1cccc(S(=O)(=O)C(C)CC)c41)-c1cccc(SC(C)CC)c1-3)c1cccc(S(=O)(=O)C(C)CC)c21. The average molecular weight is 931 g/mol. The molecule has 16 heteroatoms. The van der Waals surface area contributed by atoms with Crippen LogP contribution in [-0.4, -0.2) is 77.7 Å². The summed E-state index contributed by atoms with van der Waals surface area (Å²) in [7, 11) is -7.64. The number of aromatic amines is 2. The fourth-order valence-corrected chi connectivity index (χ4v) is 13.4. The highest BCUT2D eigenvalue weighted by atomic mass is 32.2. The topological polar surface area (TPSA) is 177 Å². The molecule has 2 aliphatic heterocycles. The maximum Gasteiger partial charge on any atom is 0.181 e. The van der Waals surface area contributed by atoms with Crippen LogP contribution in [0.1, 0.15) is 81.1 Å². The van der Waals surface area contributed by atoms with Gasteiger partial charge in [0.05, 0.1) is 20.3 Å². The molecule has 4 atom stereocenters. The summed E-state index contributed by atoms with van der Waals surface area (Å²) in [5.41, 5.74) is 4.31. The van der Waals surface area contributed by atoms with Gasteiger partial charge in [-0.1, -0.05) is 90.1 Å². The maximum atomic E-state index is 14.3. The van der Waals surface area contributed by atoms with E-state index in [1.807, 2.05) is 62.4 Å². The van der Waals surface area contributed by atoms with E-state index in [1.165, 1.54) is 0 Å². The first kappa shape index (κ1) is 44.1. The zero-order chi connectivity index (χ0) is 45.2. The second kappa shape index (κ2) is 17.0. The molecule has 5 heterocycles. The highest BCUT2D eigenvalue weighted by Crippen LogP contribution is 2.45. The molecule has 0 fully saturated rings. The van der Waals surface area contributed by atoms with Gasteiger partial charge in [0.1, 0.15) is 22.6 Å². The Morgan fingerprint density at radius 2 is 0.844 bits per heavy atom. The smallest absolute Gasteiger partial charge is 0.181 e. The van der Waals surface area contributed by atoms with Crippen molar-refractivity contribution in [3.05, 3.63) is 72.8 Å². The van der Waals surface area contributed by atoms with E-state index in [9.17, 15) is 16.8 Å². The number of H-pyrrole nitrogens is 2. The van der Waals surface area contributed by atoms with Crippen LogP contribution in [0.15, 0.2) is 92.4 Å². The summed E-state index contributed by atoms with van der Waals surface area (Å²) in [6, 6.07) is 22.4. The Kier molecular flexibility index (Phi) is 11.7. The van der Waals surface area contributed by atoms with E-state index in [-0.39, 0.29) is 31.6 Å². The van der Waals surface area contributed by atoms with Crippen molar-refractivity contribution in [1.29, 1.82) is 0 Å². The van der Waals surface area contributed by atoms with Crippen molar-refractivity contribution in [1.82, 2.24) is 39.9 Å². The molecule has 2 aliphatic rings. The zero-order valence-corrected chi connectivity index (χ0v) is 40.3. The number of hydrogen-bond acceptors (Lipinski definition) is 12. The molecule has 0 radical (unpaired) electrons. The summed E-state index contributed by atoms with van der Waals surface area (Å²) in [5.74, 6) is 1.42. The number of sulfone groups is 2. The van der Waals surface area contributed by atoms with Crippen molar-refractivity contribution in [2.75, 3.05) is 0 Å². The number of fused-ring (bicyclic) bond motifs is 20. The summed E-state index contributed by atoms with van der Waals surface area (Å²) in [6.45, 7) is 15.8. The Morgan fingerprint density at radius 3 is 1.22 bits per heavy atom. The molecule has 330 valence electrons. The third-order valence-corrected chi connectivity index (χ3v) is 19.8. The Balaban J connectivity index is 1.51. The Hall–Kier alpha value is -5.16. The molecule has 64 heavy (non-hydrogen) atoms. The molecule has 8 bridgehead atoms. The van der Waals surface area contributed by atoms with Crippen LogP contribution in [0.4, 0.5) is 0 Å². The van der Waals surface area contributed by atoms with Gasteiger partial charge in [-0.05, 0) is 63.8 Å². The number of benzene rings is 4. The van der Waals surface area contributed by atoms with E-state index in [4.69, 9.17) is 29.9 Å². The van der Waals surface area contributed by atoms with Gasteiger partial charge in [0.25, 0.3) is 0 Å². The molecular formula is C48H50N8O4S4. The molecule has 9 rings (SSSR count). The lowest BCUT2D eigenvalue weighted by Crippen LogP contribution is -2.17. The van der Waals surface area contributed by atoms with Crippen molar-refractivity contribution >= 4 is 87.3 Å². The molecule has 12 nitrogen and oxygen atoms in total. The van der Waals surface area contributed by atoms with Gasteiger partial charge in [0, 0.05) is 64.1 Å². The van der Waals surface area contributed by atoms with Gasteiger partial charge >= 0.3 is 0 Å². The first-order valence-electron chi connectivity index (χ1n) is 21.9. The first-order valence-corrected chi connectivity index (χ1v) is 26.7. The van der Waals surface area contributed by atoms with Crippen LogP contribution in [0.3, 0.4) is 0 Å². The Labute approximate surface area is 381 Å². The second-order valence-corrected chi connectivity index (χ2v) is 24.2. The zero-order valence-electron chi connectivity index (χ0n) is 37.0. The van der Waals surface area contributed by atoms with Gasteiger partial charge < -0.3 is 9.97 Å². The molecule has 2 N–H and O–H groups in total. The third kappa shape index (κ3) is 7.39. The van der Waals surface area contributed by atoms with E-state index in [1.54, 1.807) is 61.6 Å². The van der Waals surface area contributed by atoms with Gasteiger partial charge in [-0.2, -0.15) is 0 Å². The highest BCUT2D eigenvalue weighted by molar-refractivity contribution is 8.00. The van der Waals surface area contributed by atoms with Crippen LogP contribution in [0.25, 0.3) is 89.7 Å². The molecule has 0 saturated carbocycles. The lowest BCUT2D eigenvalue weighted by molar-refractivity contribution is 0.580. The van der Waals surface area contributed by atoms with Crippen molar-refractivity contribution in [2.45, 2.75) is 122 Å². The summed E-state index contributed by atoms with van der Waals surface area (Å²) in [5, 5.41) is 1.17. The minimum absolute atomic E-state index is 0.153. The number of rotatable bonds is 12. The average Bonchev–Trinajstić information content (AvgIpc) is 4.04. The van der Waals surface area contributed by atoms with Gasteiger partial charge in [-0.3, -0.25) is 0 Å². The monoisotopic (exact) mass is 930 g/mol. The number of nitrogens with zero attached hydrogens (tertiary/aromatic N) is 6. The molecule has 7 aromatic rings. The molecule has 4 aromatic carbocycles. The van der Waals surface area contributed by atoms with Crippen LogP contribution >= 0.6 is 23.5 Å². The normalized spacial score (nSPS) is 14.6. The van der Waals surface area contributed by atoms with E-state index < -0.39 is 30.2 Å². The first-order chi connectivity index (χ1) is 30.7. The predicted molar refractivity (Wildman–Crippen MR) is 261 cm³/mol. The Bertz CT molecular complexity index is 3200. The highest BCUT2D eigenvalue weighted by Gasteiger charge is 2.31.